The number of hydrogen-bond acceptors (Lipinski definition) is 5. The lowest BCUT2D eigenvalue weighted by Crippen LogP contribution is -2.47. The first-order valence-corrected chi connectivity index (χ1v) is 9.76. The van der Waals surface area contributed by atoms with Crippen LogP contribution in [0.1, 0.15) is 32.9 Å². The third kappa shape index (κ3) is 5.61. The van der Waals surface area contributed by atoms with E-state index in [1.54, 1.807) is 6.92 Å². The van der Waals surface area contributed by atoms with Gasteiger partial charge < -0.3 is 4.74 Å². The van der Waals surface area contributed by atoms with Crippen LogP contribution in [0.25, 0.3) is 0 Å². The summed E-state index contributed by atoms with van der Waals surface area (Å²) in [6.45, 7) is 3.28. The summed E-state index contributed by atoms with van der Waals surface area (Å²) < 4.78 is 18.3. The van der Waals surface area contributed by atoms with Crippen LogP contribution in [-0.2, 0) is 11.2 Å². The molecule has 0 saturated heterocycles. The Labute approximate surface area is 171 Å². The van der Waals surface area contributed by atoms with Gasteiger partial charge in [0, 0.05) is 6.42 Å². The minimum absolute atomic E-state index is 0.351. The molecular weight excluding hydrogens is 393 g/mol. The number of rotatable bonds is 6. The molecule has 29 heavy (non-hydrogen) atoms. The Kier molecular flexibility index (Phi) is 6.56. The van der Waals surface area contributed by atoms with E-state index in [1.165, 1.54) is 42.5 Å². The first-order valence-electron chi connectivity index (χ1n) is 8.95. The van der Waals surface area contributed by atoms with Crippen molar-refractivity contribution in [2.45, 2.75) is 26.4 Å². The van der Waals surface area contributed by atoms with E-state index >= 15 is 0 Å². The minimum atomic E-state index is -0.878. The Morgan fingerprint density at radius 2 is 1.79 bits per heavy atom. The Morgan fingerprint density at radius 3 is 2.48 bits per heavy atom. The average Bonchev–Trinajstić information content (AvgIpc) is 3.08. The Balaban J connectivity index is 1.54. The fourth-order valence-electron chi connectivity index (χ4n) is 2.56. The summed E-state index contributed by atoms with van der Waals surface area (Å²) in [5, 5.41) is 0.818. The van der Waals surface area contributed by atoms with E-state index in [0.717, 1.165) is 10.6 Å². The van der Waals surface area contributed by atoms with Crippen molar-refractivity contribution in [2.24, 2.45) is 0 Å². The van der Waals surface area contributed by atoms with Gasteiger partial charge >= 0.3 is 0 Å². The molecule has 150 valence electrons. The molecule has 6 nitrogen and oxygen atoms in total. The average molecular weight is 413 g/mol. The molecule has 1 atom stereocenters. The van der Waals surface area contributed by atoms with Gasteiger partial charge in [-0.1, -0.05) is 30.3 Å². The van der Waals surface area contributed by atoms with Crippen LogP contribution in [0, 0.1) is 12.7 Å². The molecule has 0 bridgehead atoms. The number of aromatic nitrogens is 1. The van der Waals surface area contributed by atoms with Crippen molar-refractivity contribution >= 4 is 23.2 Å². The first-order chi connectivity index (χ1) is 13.9. The number of aryl methyl sites for hydroxylation is 1. The molecule has 0 saturated carbocycles. The maximum Gasteiger partial charge on any atom is 0.281 e. The van der Waals surface area contributed by atoms with Crippen LogP contribution >= 0.6 is 11.3 Å². The number of halogens is 1. The molecule has 8 heteroatoms. The maximum atomic E-state index is 12.9. The van der Waals surface area contributed by atoms with Gasteiger partial charge in [-0.25, -0.2) is 9.37 Å². The van der Waals surface area contributed by atoms with Crippen LogP contribution < -0.4 is 15.6 Å². The number of hydrazine groups is 1. The summed E-state index contributed by atoms with van der Waals surface area (Å²) in [6, 6.07) is 15.2. The van der Waals surface area contributed by atoms with E-state index in [-0.39, 0.29) is 0 Å². The SMILES string of the molecule is Cc1nc(Cc2ccccc2)sc1C(=O)NNC(=O)C(C)Oc1ccc(F)cc1. The van der Waals surface area contributed by atoms with Crippen LogP contribution in [0.5, 0.6) is 5.75 Å². The van der Waals surface area contributed by atoms with Crippen LogP contribution in [0.4, 0.5) is 4.39 Å². The highest BCUT2D eigenvalue weighted by atomic mass is 32.1. The molecule has 0 spiro atoms. The van der Waals surface area contributed by atoms with E-state index in [1.807, 2.05) is 30.3 Å². The van der Waals surface area contributed by atoms with Crippen molar-refractivity contribution in [1.82, 2.24) is 15.8 Å². The molecule has 0 aliphatic carbocycles. The zero-order chi connectivity index (χ0) is 20.8. The smallest absolute Gasteiger partial charge is 0.281 e. The summed E-state index contributed by atoms with van der Waals surface area (Å²) in [5.74, 6) is -1.02. The molecule has 1 aromatic heterocycles. The predicted molar refractivity (Wildman–Crippen MR) is 108 cm³/mol. The highest BCUT2D eigenvalue weighted by molar-refractivity contribution is 7.13. The van der Waals surface area contributed by atoms with E-state index in [4.69, 9.17) is 4.74 Å². The first kappa shape index (κ1) is 20.5. The molecule has 1 heterocycles. The highest BCUT2D eigenvalue weighted by Crippen LogP contribution is 2.20. The van der Waals surface area contributed by atoms with E-state index in [0.29, 0.717) is 22.7 Å². The van der Waals surface area contributed by atoms with Crippen molar-refractivity contribution in [1.29, 1.82) is 0 Å². The molecule has 2 aromatic carbocycles. The van der Waals surface area contributed by atoms with Crippen LogP contribution in [0.3, 0.4) is 0 Å². The Morgan fingerprint density at radius 1 is 1.10 bits per heavy atom. The second kappa shape index (κ2) is 9.29. The summed E-state index contributed by atoms with van der Waals surface area (Å²) in [7, 11) is 0. The lowest BCUT2D eigenvalue weighted by Gasteiger charge is -2.15. The van der Waals surface area contributed by atoms with Gasteiger partial charge in [0.05, 0.1) is 10.7 Å². The summed E-state index contributed by atoms with van der Waals surface area (Å²) >= 11 is 1.29. The molecule has 2 N–H and O–H groups in total. The van der Waals surface area contributed by atoms with Gasteiger partial charge in [0.2, 0.25) is 0 Å². The number of thiazole rings is 1. The molecule has 1 unspecified atom stereocenters. The van der Waals surface area contributed by atoms with Gasteiger partial charge in [-0.15, -0.1) is 11.3 Å². The summed E-state index contributed by atoms with van der Waals surface area (Å²) in [5.41, 5.74) is 6.43. The van der Waals surface area contributed by atoms with E-state index in [2.05, 4.69) is 15.8 Å². The Hall–Kier alpha value is -3.26. The fourth-order valence-corrected chi connectivity index (χ4v) is 3.55. The second-order valence-electron chi connectivity index (χ2n) is 6.34. The maximum absolute atomic E-state index is 12.9. The number of hydrogen-bond donors (Lipinski definition) is 2. The van der Waals surface area contributed by atoms with Gasteiger partial charge in [0.1, 0.15) is 16.4 Å². The van der Waals surface area contributed by atoms with Crippen molar-refractivity contribution in [3.8, 4) is 5.75 Å². The summed E-state index contributed by atoms with van der Waals surface area (Å²) in [4.78, 5) is 29.4. The molecule has 2 amide bonds. The largest absolute Gasteiger partial charge is 0.481 e. The number of ether oxygens (including phenoxy) is 1. The highest BCUT2D eigenvalue weighted by Gasteiger charge is 2.19. The molecule has 0 aliphatic heterocycles. The summed E-state index contributed by atoms with van der Waals surface area (Å²) in [6.07, 6.45) is -0.244. The zero-order valence-corrected chi connectivity index (χ0v) is 16.8. The van der Waals surface area contributed by atoms with E-state index in [9.17, 15) is 14.0 Å². The fraction of sp³-hybridized carbons (Fsp3) is 0.190. The lowest BCUT2D eigenvalue weighted by molar-refractivity contribution is -0.128. The molecule has 3 aromatic rings. The van der Waals surface area contributed by atoms with Gasteiger partial charge in [-0.3, -0.25) is 20.4 Å². The molecule has 0 aliphatic rings. The normalized spacial score (nSPS) is 11.6. The lowest BCUT2D eigenvalue weighted by atomic mass is 10.2. The third-order valence-electron chi connectivity index (χ3n) is 4.04. The third-order valence-corrected chi connectivity index (χ3v) is 5.20. The monoisotopic (exact) mass is 413 g/mol. The van der Waals surface area contributed by atoms with E-state index < -0.39 is 23.7 Å². The van der Waals surface area contributed by atoms with Crippen molar-refractivity contribution in [2.75, 3.05) is 0 Å². The number of carbonyl (C=O) groups is 2. The zero-order valence-electron chi connectivity index (χ0n) is 15.9. The van der Waals surface area contributed by atoms with Gasteiger partial charge in [0.25, 0.3) is 11.8 Å². The van der Waals surface area contributed by atoms with Gasteiger partial charge in [-0.2, -0.15) is 0 Å². The minimum Gasteiger partial charge on any atom is -0.481 e. The number of benzene rings is 2. The van der Waals surface area contributed by atoms with Gasteiger partial charge in [0.15, 0.2) is 6.10 Å². The van der Waals surface area contributed by atoms with Crippen molar-refractivity contribution in [3.63, 3.8) is 0 Å². The molecule has 0 radical (unpaired) electrons. The topological polar surface area (TPSA) is 80.3 Å². The second-order valence-corrected chi connectivity index (χ2v) is 7.43. The van der Waals surface area contributed by atoms with Crippen molar-refractivity contribution in [3.05, 3.63) is 81.6 Å². The predicted octanol–water partition coefficient (Wildman–Crippen LogP) is 3.41. The van der Waals surface area contributed by atoms with Crippen LogP contribution in [-0.4, -0.2) is 22.9 Å². The standard InChI is InChI=1S/C21H20FN3O3S/c1-13-19(29-18(23-13)12-15-6-4-3-5-7-15)21(27)25-24-20(26)14(2)28-17-10-8-16(22)9-11-17/h3-11,14H,12H2,1-2H3,(H,24,26)(H,25,27). The van der Waals surface area contributed by atoms with Crippen molar-refractivity contribution < 1.29 is 18.7 Å². The molecular formula is C21H20FN3O3S. The number of nitrogens with one attached hydrogen (secondary N) is 2. The Bertz CT molecular complexity index is 990. The van der Waals surface area contributed by atoms with Crippen LogP contribution in [0.2, 0.25) is 0 Å². The molecule has 3 rings (SSSR count). The quantitative estimate of drug-likeness (QED) is 0.607. The number of carbonyl (C=O) groups excluding carboxylic acids is 2. The molecule has 0 fully saturated rings. The van der Waals surface area contributed by atoms with Crippen LogP contribution in [0.15, 0.2) is 54.6 Å². The number of nitrogens with zero attached hydrogens (tertiary/aromatic N) is 1. The van der Waals surface area contributed by atoms with Gasteiger partial charge in [-0.05, 0) is 43.7 Å². The number of amides is 2.